The van der Waals surface area contributed by atoms with E-state index in [2.05, 4.69) is 24.3 Å². The van der Waals surface area contributed by atoms with Crippen LogP contribution < -0.4 is 0 Å². The molecule has 3 aromatic carbocycles. The van der Waals surface area contributed by atoms with Crippen LogP contribution in [0.4, 0.5) is 0 Å². The maximum Gasteiger partial charge on any atom is 0.110 e. The Kier molecular flexibility index (Phi) is 2.76. The molecule has 0 amide bonds. The summed E-state index contributed by atoms with van der Waals surface area (Å²) in [5, 5.41) is 34.4. The topological polar surface area (TPSA) is 60.7 Å². The molecule has 3 nitrogen and oxygen atoms in total. The van der Waals surface area contributed by atoms with Gasteiger partial charge in [0.25, 0.3) is 0 Å². The molecule has 21 heavy (non-hydrogen) atoms. The standard InChI is InChI=1S/C18H16O3/c19-16-9-15-13(17(20)18(16)21)6-5-12-7-10-3-1-2-4-11(10)8-14(12)15/h1-8,16-21H,9H2. The second-order valence-corrected chi connectivity index (χ2v) is 5.76. The molecule has 0 radical (unpaired) electrons. The predicted octanol–water partition coefficient (Wildman–Crippen LogP) is 2.30. The summed E-state index contributed by atoms with van der Waals surface area (Å²) in [6, 6.07) is 16.2. The zero-order chi connectivity index (χ0) is 14.6. The van der Waals surface area contributed by atoms with Gasteiger partial charge in [-0.15, -0.1) is 0 Å². The Morgan fingerprint density at radius 1 is 0.810 bits per heavy atom. The van der Waals surface area contributed by atoms with Crippen molar-refractivity contribution in [1.29, 1.82) is 0 Å². The molecule has 1 aliphatic rings. The third-order valence-electron chi connectivity index (χ3n) is 4.48. The Morgan fingerprint density at radius 2 is 1.52 bits per heavy atom. The summed E-state index contributed by atoms with van der Waals surface area (Å²) in [5.41, 5.74) is 1.65. The van der Waals surface area contributed by atoms with E-state index in [0.29, 0.717) is 6.42 Å². The van der Waals surface area contributed by atoms with Crippen LogP contribution in [0.5, 0.6) is 0 Å². The first-order chi connectivity index (χ1) is 10.1. The molecule has 3 aromatic rings. The maximum atomic E-state index is 10.2. The molecule has 0 fully saturated rings. The van der Waals surface area contributed by atoms with Crippen molar-refractivity contribution in [3.8, 4) is 0 Å². The van der Waals surface area contributed by atoms with Crippen molar-refractivity contribution in [3.05, 3.63) is 59.7 Å². The summed E-state index contributed by atoms with van der Waals surface area (Å²) in [7, 11) is 0. The van der Waals surface area contributed by atoms with Crippen LogP contribution in [0.1, 0.15) is 17.2 Å². The zero-order valence-electron chi connectivity index (χ0n) is 11.4. The Bertz CT molecular complexity index is 840. The van der Waals surface area contributed by atoms with Gasteiger partial charge in [-0.1, -0.05) is 36.4 Å². The molecule has 3 unspecified atom stereocenters. The Balaban J connectivity index is 2.04. The Labute approximate surface area is 122 Å². The van der Waals surface area contributed by atoms with Gasteiger partial charge in [-0.05, 0) is 44.8 Å². The lowest BCUT2D eigenvalue weighted by molar-refractivity contribution is -0.0682. The fourth-order valence-electron chi connectivity index (χ4n) is 3.32. The molecule has 0 spiro atoms. The van der Waals surface area contributed by atoms with E-state index in [4.69, 9.17) is 0 Å². The molecule has 3 heteroatoms. The lowest BCUT2D eigenvalue weighted by Gasteiger charge is -2.31. The van der Waals surface area contributed by atoms with Crippen LogP contribution in [-0.2, 0) is 6.42 Å². The van der Waals surface area contributed by atoms with Crippen LogP contribution in [0.2, 0.25) is 0 Å². The summed E-state index contributed by atoms with van der Waals surface area (Å²) >= 11 is 0. The van der Waals surface area contributed by atoms with Gasteiger partial charge in [0.05, 0.1) is 6.10 Å². The van der Waals surface area contributed by atoms with Crippen LogP contribution in [0, 0.1) is 0 Å². The molecular weight excluding hydrogens is 264 g/mol. The van der Waals surface area contributed by atoms with Crippen LogP contribution in [0.25, 0.3) is 21.5 Å². The maximum absolute atomic E-state index is 10.2. The van der Waals surface area contributed by atoms with Crippen molar-refractivity contribution < 1.29 is 15.3 Å². The second kappa shape index (κ2) is 4.53. The third kappa shape index (κ3) is 1.86. The molecule has 0 saturated carbocycles. The van der Waals surface area contributed by atoms with Crippen molar-refractivity contribution in [2.75, 3.05) is 0 Å². The minimum atomic E-state index is -1.12. The summed E-state index contributed by atoms with van der Waals surface area (Å²) in [4.78, 5) is 0. The molecule has 0 bridgehead atoms. The normalized spacial score (nSPS) is 25.2. The van der Waals surface area contributed by atoms with E-state index in [1.54, 1.807) is 0 Å². The number of hydrogen-bond donors (Lipinski definition) is 3. The van der Waals surface area contributed by atoms with Crippen LogP contribution in [-0.4, -0.2) is 27.5 Å². The summed E-state index contributed by atoms with van der Waals surface area (Å²) in [6.07, 6.45) is -2.71. The van der Waals surface area contributed by atoms with E-state index in [1.165, 1.54) is 5.39 Å². The van der Waals surface area contributed by atoms with Crippen LogP contribution in [0.15, 0.2) is 48.5 Å². The van der Waals surface area contributed by atoms with E-state index >= 15 is 0 Å². The van der Waals surface area contributed by atoms with Crippen molar-refractivity contribution in [3.63, 3.8) is 0 Å². The summed E-state index contributed by atoms with van der Waals surface area (Å²) in [6.45, 7) is 0. The highest BCUT2D eigenvalue weighted by Gasteiger charge is 2.34. The molecule has 0 heterocycles. The van der Waals surface area contributed by atoms with E-state index < -0.39 is 18.3 Å². The van der Waals surface area contributed by atoms with Crippen molar-refractivity contribution in [2.24, 2.45) is 0 Å². The number of aliphatic hydroxyl groups is 3. The second-order valence-electron chi connectivity index (χ2n) is 5.76. The molecule has 3 atom stereocenters. The van der Waals surface area contributed by atoms with Gasteiger partial charge in [-0.2, -0.15) is 0 Å². The van der Waals surface area contributed by atoms with Gasteiger partial charge < -0.3 is 15.3 Å². The van der Waals surface area contributed by atoms with Crippen molar-refractivity contribution in [1.82, 2.24) is 0 Å². The number of rotatable bonds is 0. The van der Waals surface area contributed by atoms with E-state index in [0.717, 1.165) is 27.3 Å². The Hall–Kier alpha value is -1.94. The molecule has 3 N–H and O–H groups in total. The largest absolute Gasteiger partial charge is 0.390 e. The fourth-order valence-corrected chi connectivity index (χ4v) is 3.32. The van der Waals surface area contributed by atoms with Gasteiger partial charge in [0.2, 0.25) is 0 Å². The summed E-state index contributed by atoms with van der Waals surface area (Å²) in [5.74, 6) is 0. The van der Waals surface area contributed by atoms with Gasteiger partial charge in [0.1, 0.15) is 12.2 Å². The number of benzene rings is 3. The van der Waals surface area contributed by atoms with Crippen LogP contribution >= 0.6 is 0 Å². The lowest BCUT2D eigenvalue weighted by Crippen LogP contribution is -2.38. The molecule has 0 saturated heterocycles. The van der Waals surface area contributed by atoms with Crippen LogP contribution in [0.3, 0.4) is 0 Å². The monoisotopic (exact) mass is 280 g/mol. The number of hydrogen-bond acceptors (Lipinski definition) is 3. The first-order valence-electron chi connectivity index (χ1n) is 7.13. The Morgan fingerprint density at radius 3 is 2.29 bits per heavy atom. The fraction of sp³-hybridized carbons (Fsp3) is 0.222. The average molecular weight is 280 g/mol. The lowest BCUT2D eigenvalue weighted by atomic mass is 9.82. The van der Waals surface area contributed by atoms with E-state index in [-0.39, 0.29) is 0 Å². The highest BCUT2D eigenvalue weighted by molar-refractivity contribution is 6.00. The molecule has 106 valence electrons. The van der Waals surface area contributed by atoms with Gasteiger partial charge in [-0.25, -0.2) is 0 Å². The minimum Gasteiger partial charge on any atom is -0.390 e. The highest BCUT2D eigenvalue weighted by atomic mass is 16.4. The average Bonchev–Trinajstić information content (AvgIpc) is 2.51. The van der Waals surface area contributed by atoms with Gasteiger partial charge in [0, 0.05) is 6.42 Å². The molecule has 0 aromatic heterocycles. The molecule has 0 aliphatic heterocycles. The minimum absolute atomic E-state index is 0.364. The number of aliphatic hydroxyl groups excluding tert-OH is 3. The third-order valence-corrected chi connectivity index (χ3v) is 4.48. The van der Waals surface area contributed by atoms with E-state index in [1.807, 2.05) is 24.3 Å². The quantitative estimate of drug-likeness (QED) is 0.554. The van der Waals surface area contributed by atoms with Crippen molar-refractivity contribution in [2.45, 2.75) is 24.7 Å². The van der Waals surface area contributed by atoms with Gasteiger partial charge in [0.15, 0.2) is 0 Å². The first-order valence-corrected chi connectivity index (χ1v) is 7.13. The van der Waals surface area contributed by atoms with E-state index in [9.17, 15) is 15.3 Å². The molecule has 4 rings (SSSR count). The molecular formula is C18H16O3. The van der Waals surface area contributed by atoms with Gasteiger partial charge >= 0.3 is 0 Å². The van der Waals surface area contributed by atoms with Crippen molar-refractivity contribution >= 4 is 21.5 Å². The van der Waals surface area contributed by atoms with Gasteiger partial charge in [-0.3, -0.25) is 0 Å². The zero-order valence-corrected chi connectivity index (χ0v) is 11.4. The highest BCUT2D eigenvalue weighted by Crippen LogP contribution is 2.36. The predicted molar refractivity (Wildman–Crippen MR) is 82.1 cm³/mol. The number of fused-ring (bicyclic) bond motifs is 4. The smallest absolute Gasteiger partial charge is 0.110 e. The summed E-state index contributed by atoms with van der Waals surface area (Å²) < 4.78 is 0. The SMILES string of the molecule is OC1Cc2c(ccc3cc4ccccc4cc23)C(O)C1O. The molecule has 1 aliphatic carbocycles. The first kappa shape index (κ1) is 12.8.